The van der Waals surface area contributed by atoms with E-state index in [-0.39, 0.29) is 5.91 Å². The van der Waals surface area contributed by atoms with Crippen molar-refractivity contribution in [2.75, 3.05) is 19.6 Å². The summed E-state index contributed by atoms with van der Waals surface area (Å²) in [5.41, 5.74) is 0. The summed E-state index contributed by atoms with van der Waals surface area (Å²) in [5, 5.41) is 3.59. The first-order chi connectivity index (χ1) is 9.78. The summed E-state index contributed by atoms with van der Waals surface area (Å²) >= 11 is 0. The van der Waals surface area contributed by atoms with Gasteiger partial charge in [-0.1, -0.05) is 6.92 Å². The monoisotopic (exact) mass is 276 g/mol. The van der Waals surface area contributed by atoms with Gasteiger partial charge in [0.05, 0.1) is 0 Å². The van der Waals surface area contributed by atoms with Crippen LogP contribution in [0.3, 0.4) is 0 Å². The van der Waals surface area contributed by atoms with E-state index in [1.165, 1.54) is 12.8 Å². The van der Waals surface area contributed by atoms with Gasteiger partial charge in [-0.05, 0) is 50.3 Å². The van der Waals surface area contributed by atoms with Crippen LogP contribution in [0.2, 0.25) is 0 Å². The Labute approximate surface area is 120 Å². The fourth-order valence-corrected chi connectivity index (χ4v) is 3.46. The summed E-state index contributed by atoms with van der Waals surface area (Å²) in [4.78, 5) is 14.3. The molecule has 110 valence electrons. The molecular weight excluding hydrogens is 252 g/mol. The molecule has 1 aromatic heterocycles. The highest BCUT2D eigenvalue weighted by Crippen LogP contribution is 2.26. The van der Waals surface area contributed by atoms with E-state index in [4.69, 9.17) is 4.42 Å². The number of furan rings is 1. The Hall–Kier alpha value is -1.29. The van der Waals surface area contributed by atoms with Gasteiger partial charge in [0.15, 0.2) is 5.76 Å². The SMILES string of the molecule is CCc1ccc(C(=O)N2CCC(C3CCCN3)CC2)o1. The van der Waals surface area contributed by atoms with Crippen molar-refractivity contribution in [3.05, 3.63) is 23.7 Å². The number of aryl methyl sites for hydroxylation is 1. The quantitative estimate of drug-likeness (QED) is 0.922. The molecule has 1 unspecified atom stereocenters. The van der Waals surface area contributed by atoms with E-state index >= 15 is 0 Å². The first kappa shape index (κ1) is 13.7. The molecule has 2 aliphatic rings. The second-order valence-electron chi connectivity index (χ2n) is 5.95. The number of likely N-dealkylation sites (tertiary alicyclic amines) is 1. The van der Waals surface area contributed by atoms with E-state index in [1.807, 2.05) is 24.0 Å². The maximum Gasteiger partial charge on any atom is 0.289 e. The predicted octanol–water partition coefficient (Wildman–Crippen LogP) is 2.45. The van der Waals surface area contributed by atoms with E-state index in [0.717, 1.165) is 50.6 Å². The average Bonchev–Trinajstić information content (AvgIpc) is 3.18. The lowest BCUT2D eigenvalue weighted by atomic mass is 9.88. The van der Waals surface area contributed by atoms with E-state index < -0.39 is 0 Å². The summed E-state index contributed by atoms with van der Waals surface area (Å²) in [7, 11) is 0. The van der Waals surface area contributed by atoms with Crippen LogP contribution in [-0.2, 0) is 6.42 Å². The molecule has 1 amide bonds. The first-order valence-corrected chi connectivity index (χ1v) is 7.89. The molecule has 2 saturated heterocycles. The zero-order valence-electron chi connectivity index (χ0n) is 12.2. The molecule has 0 spiro atoms. The zero-order chi connectivity index (χ0) is 13.9. The Morgan fingerprint density at radius 1 is 1.35 bits per heavy atom. The average molecular weight is 276 g/mol. The summed E-state index contributed by atoms with van der Waals surface area (Å²) in [6.45, 7) is 4.93. The van der Waals surface area contributed by atoms with Crippen molar-refractivity contribution in [3.8, 4) is 0 Å². The lowest BCUT2D eigenvalue weighted by Gasteiger charge is -2.34. The number of carbonyl (C=O) groups is 1. The Kier molecular flexibility index (Phi) is 4.10. The second kappa shape index (κ2) is 6.00. The molecule has 20 heavy (non-hydrogen) atoms. The second-order valence-corrected chi connectivity index (χ2v) is 5.95. The number of amides is 1. The molecular formula is C16H24N2O2. The normalized spacial score (nSPS) is 24.2. The minimum absolute atomic E-state index is 0.0579. The van der Waals surface area contributed by atoms with Gasteiger partial charge in [-0.2, -0.15) is 0 Å². The van der Waals surface area contributed by atoms with Crippen molar-refractivity contribution in [1.29, 1.82) is 0 Å². The van der Waals surface area contributed by atoms with E-state index in [1.54, 1.807) is 0 Å². The van der Waals surface area contributed by atoms with Crippen LogP contribution in [0.25, 0.3) is 0 Å². The molecule has 1 N–H and O–H groups in total. The number of hydrogen-bond donors (Lipinski definition) is 1. The Morgan fingerprint density at radius 3 is 2.75 bits per heavy atom. The highest BCUT2D eigenvalue weighted by atomic mass is 16.4. The molecule has 0 bridgehead atoms. The van der Waals surface area contributed by atoms with Gasteiger partial charge in [-0.25, -0.2) is 0 Å². The first-order valence-electron chi connectivity index (χ1n) is 7.89. The minimum Gasteiger partial charge on any atom is -0.456 e. The van der Waals surface area contributed by atoms with Crippen molar-refractivity contribution >= 4 is 5.91 Å². The summed E-state index contributed by atoms with van der Waals surface area (Å²) in [6, 6.07) is 4.40. The fourth-order valence-electron chi connectivity index (χ4n) is 3.46. The van der Waals surface area contributed by atoms with Gasteiger partial charge < -0.3 is 14.6 Å². The zero-order valence-corrected chi connectivity index (χ0v) is 12.2. The van der Waals surface area contributed by atoms with Crippen LogP contribution in [0.15, 0.2) is 16.5 Å². The molecule has 0 aliphatic carbocycles. The number of rotatable bonds is 3. The van der Waals surface area contributed by atoms with E-state index in [9.17, 15) is 4.79 Å². The van der Waals surface area contributed by atoms with Crippen LogP contribution in [-0.4, -0.2) is 36.5 Å². The molecule has 0 radical (unpaired) electrons. The van der Waals surface area contributed by atoms with Crippen molar-refractivity contribution in [1.82, 2.24) is 10.2 Å². The Morgan fingerprint density at radius 2 is 2.15 bits per heavy atom. The summed E-state index contributed by atoms with van der Waals surface area (Å²) in [6.07, 6.45) is 5.67. The standard InChI is InChI=1S/C16H24N2O2/c1-2-13-5-6-15(20-13)16(19)18-10-7-12(8-11-18)14-4-3-9-17-14/h5-6,12,14,17H,2-4,7-11H2,1H3. The van der Waals surface area contributed by atoms with Crippen molar-refractivity contribution in [3.63, 3.8) is 0 Å². The van der Waals surface area contributed by atoms with Crippen molar-refractivity contribution in [2.45, 2.75) is 45.1 Å². The lowest BCUT2D eigenvalue weighted by Crippen LogP contribution is -2.43. The van der Waals surface area contributed by atoms with Gasteiger partial charge >= 0.3 is 0 Å². The van der Waals surface area contributed by atoms with Crippen LogP contribution in [0, 0.1) is 5.92 Å². The predicted molar refractivity (Wildman–Crippen MR) is 77.7 cm³/mol. The number of hydrogen-bond acceptors (Lipinski definition) is 3. The van der Waals surface area contributed by atoms with E-state index in [0.29, 0.717) is 11.8 Å². The molecule has 4 nitrogen and oxygen atoms in total. The van der Waals surface area contributed by atoms with Crippen LogP contribution in [0.5, 0.6) is 0 Å². The third-order valence-corrected chi connectivity index (χ3v) is 4.72. The largest absolute Gasteiger partial charge is 0.456 e. The number of nitrogens with one attached hydrogen (secondary N) is 1. The van der Waals surface area contributed by atoms with Gasteiger partial charge in [-0.15, -0.1) is 0 Å². The van der Waals surface area contributed by atoms with Gasteiger partial charge in [0.25, 0.3) is 5.91 Å². The topological polar surface area (TPSA) is 45.5 Å². The number of piperidine rings is 1. The van der Waals surface area contributed by atoms with Gasteiger partial charge in [0.2, 0.25) is 0 Å². The Bertz CT molecular complexity index is 455. The smallest absolute Gasteiger partial charge is 0.289 e. The summed E-state index contributed by atoms with van der Waals surface area (Å²) in [5.74, 6) is 2.18. The van der Waals surface area contributed by atoms with Gasteiger partial charge in [0, 0.05) is 25.6 Å². The highest BCUT2D eigenvalue weighted by Gasteiger charge is 2.30. The van der Waals surface area contributed by atoms with Crippen molar-refractivity contribution in [2.24, 2.45) is 5.92 Å². The van der Waals surface area contributed by atoms with Gasteiger partial charge in [-0.3, -0.25) is 4.79 Å². The maximum absolute atomic E-state index is 12.4. The molecule has 4 heteroatoms. The van der Waals surface area contributed by atoms with Gasteiger partial charge in [0.1, 0.15) is 5.76 Å². The molecule has 2 fully saturated rings. The lowest BCUT2D eigenvalue weighted by molar-refractivity contribution is 0.0641. The third kappa shape index (κ3) is 2.75. The molecule has 2 aliphatic heterocycles. The molecule has 0 aromatic carbocycles. The van der Waals surface area contributed by atoms with Crippen LogP contribution < -0.4 is 5.32 Å². The molecule has 3 heterocycles. The summed E-state index contributed by atoms with van der Waals surface area (Å²) < 4.78 is 5.57. The van der Waals surface area contributed by atoms with Crippen molar-refractivity contribution < 1.29 is 9.21 Å². The minimum atomic E-state index is 0.0579. The third-order valence-electron chi connectivity index (χ3n) is 4.72. The molecule has 1 atom stereocenters. The number of nitrogens with zero attached hydrogens (tertiary/aromatic N) is 1. The maximum atomic E-state index is 12.4. The highest BCUT2D eigenvalue weighted by molar-refractivity contribution is 5.91. The fraction of sp³-hybridized carbons (Fsp3) is 0.688. The van der Waals surface area contributed by atoms with Crippen LogP contribution in [0.4, 0.5) is 0 Å². The van der Waals surface area contributed by atoms with Crippen LogP contribution >= 0.6 is 0 Å². The van der Waals surface area contributed by atoms with Crippen LogP contribution in [0.1, 0.15) is 48.9 Å². The molecule has 3 rings (SSSR count). The number of carbonyl (C=O) groups excluding carboxylic acids is 1. The Balaban J connectivity index is 1.55. The molecule has 0 saturated carbocycles. The van der Waals surface area contributed by atoms with E-state index in [2.05, 4.69) is 5.32 Å². The molecule has 1 aromatic rings.